The van der Waals surface area contributed by atoms with E-state index in [2.05, 4.69) is 6.92 Å². The zero-order valence-electron chi connectivity index (χ0n) is 11.2. The lowest BCUT2D eigenvalue weighted by Gasteiger charge is -2.33. The van der Waals surface area contributed by atoms with E-state index in [1.807, 2.05) is 26.8 Å². The van der Waals surface area contributed by atoms with E-state index < -0.39 is 5.54 Å². The van der Waals surface area contributed by atoms with Gasteiger partial charge in [-0.15, -0.1) is 11.3 Å². The zero-order valence-corrected chi connectivity index (χ0v) is 12.0. The predicted molar refractivity (Wildman–Crippen MR) is 71.7 cm³/mol. The Kier molecular flexibility index (Phi) is 4.33. The summed E-state index contributed by atoms with van der Waals surface area (Å²) in [5.41, 5.74) is 0.650. The highest BCUT2D eigenvalue weighted by atomic mass is 32.1. The normalized spacial score (nSPS) is 11.6. The van der Waals surface area contributed by atoms with Crippen LogP contribution in [-0.2, 0) is 6.42 Å². The Morgan fingerprint density at radius 3 is 2.53 bits per heavy atom. The first kappa shape index (κ1) is 14.2. The van der Waals surface area contributed by atoms with Gasteiger partial charge in [0.25, 0.3) is 5.91 Å². The molecule has 0 aromatic carbocycles. The Labute approximate surface area is 107 Å². The number of aryl methyl sites for hydroxylation is 2. The third-order valence-electron chi connectivity index (χ3n) is 3.15. The SMILES string of the molecule is CCc1sc(C(=O)N(C)C(C)(C)CO)cc1C. The molecule has 0 bridgehead atoms. The van der Waals surface area contributed by atoms with Gasteiger partial charge in [-0.3, -0.25) is 4.79 Å². The highest BCUT2D eigenvalue weighted by molar-refractivity contribution is 7.14. The van der Waals surface area contributed by atoms with Gasteiger partial charge < -0.3 is 10.0 Å². The molecule has 0 spiro atoms. The summed E-state index contributed by atoms with van der Waals surface area (Å²) in [7, 11) is 1.74. The van der Waals surface area contributed by atoms with Gasteiger partial charge in [0.1, 0.15) is 0 Å². The fourth-order valence-electron chi connectivity index (χ4n) is 1.52. The molecule has 0 aliphatic carbocycles. The fraction of sp³-hybridized carbons (Fsp3) is 0.615. The van der Waals surface area contributed by atoms with Gasteiger partial charge in [0.05, 0.1) is 17.0 Å². The third kappa shape index (κ3) is 2.87. The molecular weight excluding hydrogens is 234 g/mol. The van der Waals surface area contributed by atoms with Crippen LogP contribution in [0.5, 0.6) is 0 Å². The van der Waals surface area contributed by atoms with Gasteiger partial charge in [0.15, 0.2) is 0 Å². The topological polar surface area (TPSA) is 40.5 Å². The second-order valence-corrected chi connectivity index (χ2v) is 6.04. The molecule has 1 amide bonds. The second kappa shape index (κ2) is 5.19. The molecule has 1 N–H and O–H groups in total. The monoisotopic (exact) mass is 255 g/mol. The van der Waals surface area contributed by atoms with E-state index >= 15 is 0 Å². The van der Waals surface area contributed by atoms with Gasteiger partial charge in [0, 0.05) is 11.9 Å². The van der Waals surface area contributed by atoms with E-state index in [9.17, 15) is 9.90 Å². The Hall–Kier alpha value is -0.870. The van der Waals surface area contributed by atoms with Gasteiger partial charge >= 0.3 is 0 Å². The van der Waals surface area contributed by atoms with Gasteiger partial charge in [-0.1, -0.05) is 6.92 Å². The number of nitrogens with zero attached hydrogens (tertiary/aromatic N) is 1. The molecule has 0 atom stereocenters. The summed E-state index contributed by atoms with van der Waals surface area (Å²) in [6, 6.07) is 1.94. The third-order valence-corrected chi connectivity index (χ3v) is 4.52. The van der Waals surface area contributed by atoms with E-state index in [0.717, 1.165) is 11.3 Å². The summed E-state index contributed by atoms with van der Waals surface area (Å²) in [5, 5.41) is 9.28. The molecule has 4 heteroatoms. The predicted octanol–water partition coefficient (Wildman–Crippen LogP) is 2.46. The highest BCUT2D eigenvalue weighted by Crippen LogP contribution is 2.25. The molecular formula is C13H21NO2S. The standard InChI is InChI=1S/C13H21NO2S/c1-6-10-9(2)7-11(17-10)12(16)14(5)13(3,4)8-15/h7,15H,6,8H2,1-5H3. The number of aliphatic hydroxyl groups is 1. The lowest BCUT2D eigenvalue weighted by molar-refractivity contribution is 0.0478. The Morgan fingerprint density at radius 1 is 1.53 bits per heavy atom. The second-order valence-electron chi connectivity index (χ2n) is 4.91. The number of likely N-dealkylation sites (N-methyl/N-ethyl adjacent to an activating group) is 1. The average Bonchev–Trinajstić information content (AvgIpc) is 2.68. The lowest BCUT2D eigenvalue weighted by atomic mass is 10.1. The van der Waals surface area contributed by atoms with Gasteiger partial charge in [-0.2, -0.15) is 0 Å². The van der Waals surface area contributed by atoms with Crippen LogP contribution in [-0.4, -0.2) is 35.1 Å². The molecule has 1 heterocycles. The van der Waals surface area contributed by atoms with Crippen molar-refractivity contribution >= 4 is 17.2 Å². The van der Waals surface area contributed by atoms with Crippen LogP contribution in [0.1, 0.15) is 40.9 Å². The Bertz CT molecular complexity index is 410. The van der Waals surface area contributed by atoms with Crippen LogP contribution in [0.25, 0.3) is 0 Å². The molecule has 96 valence electrons. The van der Waals surface area contributed by atoms with E-state index in [4.69, 9.17) is 0 Å². The number of amides is 1. The first-order valence-electron chi connectivity index (χ1n) is 5.81. The van der Waals surface area contributed by atoms with Crippen molar-refractivity contribution in [2.24, 2.45) is 0 Å². The molecule has 0 saturated heterocycles. The molecule has 1 rings (SSSR count). The van der Waals surface area contributed by atoms with Gasteiger partial charge in [-0.05, 0) is 38.8 Å². The van der Waals surface area contributed by atoms with E-state index in [1.165, 1.54) is 10.4 Å². The van der Waals surface area contributed by atoms with Crippen molar-refractivity contribution in [2.75, 3.05) is 13.7 Å². The molecule has 0 aliphatic rings. The van der Waals surface area contributed by atoms with Crippen LogP contribution >= 0.6 is 11.3 Å². The first-order valence-corrected chi connectivity index (χ1v) is 6.63. The highest BCUT2D eigenvalue weighted by Gasteiger charge is 2.28. The average molecular weight is 255 g/mol. The smallest absolute Gasteiger partial charge is 0.264 e. The maximum Gasteiger partial charge on any atom is 0.264 e. The largest absolute Gasteiger partial charge is 0.394 e. The quantitative estimate of drug-likeness (QED) is 0.898. The number of carbonyl (C=O) groups is 1. The Balaban J connectivity index is 2.96. The Morgan fingerprint density at radius 2 is 2.12 bits per heavy atom. The summed E-state index contributed by atoms with van der Waals surface area (Å²) in [5.74, 6) is -0.0168. The molecule has 0 saturated carbocycles. The van der Waals surface area contributed by atoms with Crippen LogP contribution in [0.2, 0.25) is 0 Å². The maximum atomic E-state index is 12.3. The molecule has 0 radical (unpaired) electrons. The first-order chi connectivity index (χ1) is 7.83. The molecule has 1 aromatic rings. The number of hydrogen-bond acceptors (Lipinski definition) is 3. The summed E-state index contributed by atoms with van der Waals surface area (Å²) >= 11 is 1.55. The van der Waals surface area contributed by atoms with Crippen molar-refractivity contribution in [3.63, 3.8) is 0 Å². The van der Waals surface area contributed by atoms with Gasteiger partial charge in [0.2, 0.25) is 0 Å². The van der Waals surface area contributed by atoms with Crippen LogP contribution in [0.3, 0.4) is 0 Å². The molecule has 0 aliphatic heterocycles. The number of hydrogen-bond donors (Lipinski definition) is 1. The van der Waals surface area contributed by atoms with E-state index in [0.29, 0.717) is 0 Å². The fourth-order valence-corrected chi connectivity index (χ4v) is 2.61. The number of thiophene rings is 1. The molecule has 3 nitrogen and oxygen atoms in total. The van der Waals surface area contributed by atoms with Crippen molar-refractivity contribution in [3.05, 3.63) is 21.4 Å². The van der Waals surface area contributed by atoms with Crippen LogP contribution in [0.15, 0.2) is 6.07 Å². The van der Waals surface area contributed by atoms with Gasteiger partial charge in [-0.25, -0.2) is 0 Å². The molecule has 1 aromatic heterocycles. The van der Waals surface area contributed by atoms with Crippen molar-refractivity contribution in [1.82, 2.24) is 4.90 Å². The zero-order chi connectivity index (χ0) is 13.2. The minimum atomic E-state index is -0.526. The van der Waals surface area contributed by atoms with Crippen molar-refractivity contribution in [2.45, 2.75) is 39.7 Å². The summed E-state index contributed by atoms with van der Waals surface area (Å²) in [6.45, 7) is 7.79. The molecule has 0 unspecified atom stereocenters. The van der Waals surface area contributed by atoms with Crippen molar-refractivity contribution < 1.29 is 9.90 Å². The van der Waals surface area contributed by atoms with Crippen LogP contribution in [0, 0.1) is 6.92 Å². The van der Waals surface area contributed by atoms with Crippen molar-refractivity contribution in [3.8, 4) is 0 Å². The summed E-state index contributed by atoms with van der Waals surface area (Å²) < 4.78 is 0. The molecule has 0 fully saturated rings. The minimum absolute atomic E-state index is 0.0168. The van der Waals surface area contributed by atoms with Crippen LogP contribution < -0.4 is 0 Å². The van der Waals surface area contributed by atoms with Crippen LogP contribution in [0.4, 0.5) is 0 Å². The number of carbonyl (C=O) groups excluding carboxylic acids is 1. The summed E-state index contributed by atoms with van der Waals surface area (Å²) in [6.07, 6.45) is 0.955. The summed E-state index contributed by atoms with van der Waals surface area (Å²) in [4.78, 5) is 15.9. The van der Waals surface area contributed by atoms with E-state index in [1.54, 1.807) is 23.3 Å². The molecule has 17 heavy (non-hydrogen) atoms. The minimum Gasteiger partial charge on any atom is -0.394 e. The lowest BCUT2D eigenvalue weighted by Crippen LogP contribution is -2.47. The number of aliphatic hydroxyl groups excluding tert-OH is 1. The van der Waals surface area contributed by atoms with E-state index in [-0.39, 0.29) is 12.5 Å². The maximum absolute atomic E-state index is 12.3. The van der Waals surface area contributed by atoms with Crippen molar-refractivity contribution in [1.29, 1.82) is 0 Å². The number of rotatable bonds is 4.